The van der Waals surface area contributed by atoms with Gasteiger partial charge in [0.25, 0.3) is 0 Å². The Morgan fingerprint density at radius 2 is 2.00 bits per heavy atom. The number of aliphatic hydroxyl groups excluding tert-OH is 1. The average Bonchev–Trinajstić information content (AvgIpc) is 2.26. The molecule has 1 aromatic carbocycles. The average molecular weight is 190 g/mol. The summed E-state index contributed by atoms with van der Waals surface area (Å²) in [7, 11) is 0. The molecular weight excluding hydrogens is 172 g/mol. The van der Waals surface area contributed by atoms with Crippen LogP contribution in [0.1, 0.15) is 24.8 Å². The molecular formula is C13H18O. The molecule has 0 aromatic heterocycles. The van der Waals surface area contributed by atoms with E-state index in [9.17, 15) is 0 Å². The van der Waals surface area contributed by atoms with E-state index in [4.69, 9.17) is 5.11 Å². The monoisotopic (exact) mass is 190 g/mol. The quantitative estimate of drug-likeness (QED) is 0.708. The van der Waals surface area contributed by atoms with Crippen LogP contribution in [0, 0.1) is 5.92 Å². The molecule has 0 fully saturated rings. The van der Waals surface area contributed by atoms with E-state index < -0.39 is 0 Å². The molecule has 0 spiro atoms. The van der Waals surface area contributed by atoms with Gasteiger partial charge in [0.05, 0.1) is 0 Å². The molecule has 0 bridgehead atoms. The second kappa shape index (κ2) is 5.61. The summed E-state index contributed by atoms with van der Waals surface area (Å²) in [5.41, 5.74) is 1.29. The maximum absolute atomic E-state index is 9.16. The van der Waals surface area contributed by atoms with E-state index in [0.717, 1.165) is 6.42 Å². The summed E-state index contributed by atoms with van der Waals surface area (Å²) in [5.74, 6) is 0.675. The third-order valence-corrected chi connectivity index (χ3v) is 2.62. The third-order valence-electron chi connectivity index (χ3n) is 2.62. The van der Waals surface area contributed by atoms with Gasteiger partial charge in [-0.2, -0.15) is 0 Å². The summed E-state index contributed by atoms with van der Waals surface area (Å²) in [6.45, 7) is 6.06. The summed E-state index contributed by atoms with van der Waals surface area (Å²) >= 11 is 0. The van der Waals surface area contributed by atoms with Crippen molar-refractivity contribution in [3.63, 3.8) is 0 Å². The molecule has 0 unspecified atom stereocenters. The normalized spacial score (nSPS) is 14.7. The van der Waals surface area contributed by atoms with Crippen LogP contribution in [0.4, 0.5) is 0 Å². The molecule has 14 heavy (non-hydrogen) atoms. The van der Waals surface area contributed by atoms with Gasteiger partial charge < -0.3 is 5.11 Å². The van der Waals surface area contributed by atoms with E-state index in [1.165, 1.54) is 5.56 Å². The summed E-state index contributed by atoms with van der Waals surface area (Å²) in [6, 6.07) is 10.3. The lowest BCUT2D eigenvalue weighted by Gasteiger charge is -2.21. The minimum atomic E-state index is 0.230. The number of aliphatic hydroxyl groups is 1. The van der Waals surface area contributed by atoms with Crippen LogP contribution in [-0.2, 0) is 0 Å². The topological polar surface area (TPSA) is 20.2 Å². The van der Waals surface area contributed by atoms with Crippen molar-refractivity contribution >= 4 is 0 Å². The lowest BCUT2D eigenvalue weighted by Crippen LogP contribution is -2.12. The predicted octanol–water partition coefficient (Wildman–Crippen LogP) is 2.97. The van der Waals surface area contributed by atoms with Crippen molar-refractivity contribution < 1.29 is 5.11 Å². The summed E-state index contributed by atoms with van der Waals surface area (Å²) in [5, 5.41) is 9.16. The Kier molecular flexibility index (Phi) is 4.41. The molecule has 2 atom stereocenters. The van der Waals surface area contributed by atoms with Crippen LogP contribution < -0.4 is 0 Å². The van der Waals surface area contributed by atoms with E-state index in [0.29, 0.717) is 5.92 Å². The maximum atomic E-state index is 9.16. The fraction of sp³-hybridized carbons (Fsp3) is 0.385. The number of benzene rings is 1. The first-order valence-corrected chi connectivity index (χ1v) is 5.06. The van der Waals surface area contributed by atoms with Gasteiger partial charge in [0.1, 0.15) is 0 Å². The highest BCUT2D eigenvalue weighted by molar-refractivity contribution is 5.20. The van der Waals surface area contributed by atoms with Gasteiger partial charge in [-0.1, -0.05) is 43.3 Å². The van der Waals surface area contributed by atoms with Crippen LogP contribution in [-0.4, -0.2) is 11.7 Å². The highest BCUT2D eigenvalue weighted by Gasteiger charge is 2.16. The zero-order chi connectivity index (χ0) is 10.4. The second-order valence-electron chi connectivity index (χ2n) is 3.70. The first-order chi connectivity index (χ1) is 6.79. The van der Waals surface area contributed by atoms with Crippen molar-refractivity contribution in [3.05, 3.63) is 48.6 Å². The van der Waals surface area contributed by atoms with Crippen molar-refractivity contribution in [3.8, 4) is 0 Å². The van der Waals surface area contributed by atoms with Crippen LogP contribution in [0.15, 0.2) is 43.0 Å². The highest BCUT2D eigenvalue weighted by Crippen LogP contribution is 2.27. The molecule has 0 heterocycles. The standard InChI is InChI=1S/C13H18O/c1-3-7-13(11(2)10-14)12-8-5-4-6-9-12/h3-6,8-9,11,13-14H,1,7,10H2,2H3/t11-,13-/m1/s1. The number of hydrogen-bond donors (Lipinski definition) is 1. The fourth-order valence-corrected chi connectivity index (χ4v) is 1.70. The van der Waals surface area contributed by atoms with Crippen molar-refractivity contribution in [2.75, 3.05) is 6.61 Å². The zero-order valence-corrected chi connectivity index (χ0v) is 8.69. The van der Waals surface area contributed by atoms with E-state index >= 15 is 0 Å². The van der Waals surface area contributed by atoms with Crippen molar-refractivity contribution in [1.82, 2.24) is 0 Å². The van der Waals surface area contributed by atoms with E-state index in [1.807, 2.05) is 24.3 Å². The molecule has 1 nitrogen and oxygen atoms in total. The Labute approximate surface area is 86.1 Å². The molecule has 0 amide bonds. The van der Waals surface area contributed by atoms with Gasteiger partial charge in [-0.15, -0.1) is 6.58 Å². The zero-order valence-electron chi connectivity index (χ0n) is 8.69. The molecule has 1 aromatic rings. The van der Waals surface area contributed by atoms with Gasteiger partial charge in [0.2, 0.25) is 0 Å². The van der Waals surface area contributed by atoms with Gasteiger partial charge in [0.15, 0.2) is 0 Å². The Balaban J connectivity index is 2.82. The fourth-order valence-electron chi connectivity index (χ4n) is 1.70. The minimum absolute atomic E-state index is 0.230. The Bertz CT molecular complexity index is 266. The highest BCUT2D eigenvalue weighted by atomic mass is 16.3. The molecule has 0 saturated heterocycles. The minimum Gasteiger partial charge on any atom is -0.396 e. The molecule has 76 valence electrons. The van der Waals surface area contributed by atoms with E-state index in [1.54, 1.807) is 0 Å². The van der Waals surface area contributed by atoms with Gasteiger partial charge in [0, 0.05) is 6.61 Å². The smallest absolute Gasteiger partial charge is 0.0462 e. The van der Waals surface area contributed by atoms with Crippen molar-refractivity contribution in [1.29, 1.82) is 0 Å². The van der Waals surface area contributed by atoms with Gasteiger partial charge in [-0.05, 0) is 23.8 Å². The first kappa shape index (κ1) is 11.0. The molecule has 1 N–H and O–H groups in total. The Hall–Kier alpha value is -1.08. The van der Waals surface area contributed by atoms with Gasteiger partial charge >= 0.3 is 0 Å². The SMILES string of the molecule is C=CC[C@@H](c1ccccc1)[C@H](C)CO. The molecule has 0 radical (unpaired) electrons. The lowest BCUT2D eigenvalue weighted by molar-refractivity contribution is 0.216. The summed E-state index contributed by atoms with van der Waals surface area (Å²) in [6.07, 6.45) is 2.84. The molecule has 0 saturated carbocycles. The van der Waals surface area contributed by atoms with Crippen LogP contribution in [0.25, 0.3) is 0 Å². The van der Waals surface area contributed by atoms with E-state index in [2.05, 4.69) is 25.6 Å². The molecule has 0 aliphatic rings. The van der Waals surface area contributed by atoms with Crippen LogP contribution in [0.3, 0.4) is 0 Å². The number of allylic oxidation sites excluding steroid dienone is 1. The number of rotatable bonds is 5. The third kappa shape index (κ3) is 2.71. The van der Waals surface area contributed by atoms with Crippen LogP contribution >= 0.6 is 0 Å². The molecule has 0 aliphatic heterocycles. The van der Waals surface area contributed by atoms with Crippen molar-refractivity contribution in [2.45, 2.75) is 19.3 Å². The number of hydrogen-bond acceptors (Lipinski definition) is 1. The first-order valence-electron chi connectivity index (χ1n) is 5.06. The maximum Gasteiger partial charge on any atom is 0.0462 e. The molecule has 1 heteroatoms. The summed E-state index contributed by atoms with van der Waals surface area (Å²) < 4.78 is 0. The summed E-state index contributed by atoms with van der Waals surface area (Å²) in [4.78, 5) is 0. The second-order valence-corrected chi connectivity index (χ2v) is 3.70. The lowest BCUT2D eigenvalue weighted by atomic mass is 9.85. The Morgan fingerprint density at radius 3 is 2.50 bits per heavy atom. The van der Waals surface area contributed by atoms with Crippen LogP contribution in [0.2, 0.25) is 0 Å². The molecule has 0 aliphatic carbocycles. The van der Waals surface area contributed by atoms with Crippen molar-refractivity contribution in [2.24, 2.45) is 5.92 Å². The van der Waals surface area contributed by atoms with E-state index in [-0.39, 0.29) is 12.5 Å². The van der Waals surface area contributed by atoms with Gasteiger partial charge in [-0.25, -0.2) is 0 Å². The predicted molar refractivity (Wildman–Crippen MR) is 60.2 cm³/mol. The Morgan fingerprint density at radius 1 is 1.36 bits per heavy atom. The molecule has 1 rings (SSSR count). The van der Waals surface area contributed by atoms with Gasteiger partial charge in [-0.3, -0.25) is 0 Å². The largest absolute Gasteiger partial charge is 0.396 e. The van der Waals surface area contributed by atoms with Crippen LogP contribution in [0.5, 0.6) is 0 Å².